The zero-order valence-electron chi connectivity index (χ0n) is 23.9. The number of rotatable bonds is 11. The van der Waals surface area contributed by atoms with Crippen LogP contribution in [0.2, 0.25) is 0 Å². The average molecular weight is 579 g/mol. The molecule has 0 N–H and O–H groups in total. The van der Waals surface area contributed by atoms with E-state index in [9.17, 15) is 0 Å². The van der Waals surface area contributed by atoms with Crippen LogP contribution >= 0.6 is 15.8 Å². The first-order valence-corrected chi connectivity index (χ1v) is 18.1. The van der Waals surface area contributed by atoms with E-state index in [1.165, 1.54) is 44.0 Å². The smallest absolute Gasteiger partial charge is 0.00296 e. The highest BCUT2D eigenvalue weighted by atomic mass is 31.1. The molecular weight excluding hydrogens is 542 g/mol. The van der Waals surface area contributed by atoms with Gasteiger partial charge in [-0.15, -0.1) is 0 Å². The van der Waals surface area contributed by atoms with Gasteiger partial charge in [0.25, 0.3) is 0 Å². The predicted molar refractivity (Wildman–Crippen MR) is 186 cm³/mol. The van der Waals surface area contributed by atoms with Crippen molar-refractivity contribution in [2.45, 2.75) is 24.6 Å². The largest absolute Gasteiger partial charge is 0.0657 e. The SMILES string of the molecule is c1ccc(CP(Cc2ccccc2)c2ccccc2-c2ccccc2P(Cc2ccccc2)Cc2ccccc2)cc1. The van der Waals surface area contributed by atoms with E-state index in [1.54, 1.807) is 0 Å². The van der Waals surface area contributed by atoms with Crippen LogP contribution in [0.4, 0.5) is 0 Å². The monoisotopic (exact) mass is 578 g/mol. The molecule has 6 rings (SSSR count). The second-order valence-corrected chi connectivity index (χ2v) is 15.1. The zero-order valence-corrected chi connectivity index (χ0v) is 25.7. The van der Waals surface area contributed by atoms with Gasteiger partial charge in [-0.25, -0.2) is 0 Å². The van der Waals surface area contributed by atoms with Crippen LogP contribution < -0.4 is 10.6 Å². The zero-order chi connectivity index (χ0) is 28.4. The molecule has 0 radical (unpaired) electrons. The van der Waals surface area contributed by atoms with Gasteiger partial charge in [0.05, 0.1) is 0 Å². The van der Waals surface area contributed by atoms with Gasteiger partial charge in [-0.2, -0.15) is 0 Å². The fourth-order valence-corrected chi connectivity index (χ4v) is 10.8. The molecule has 6 aromatic rings. The van der Waals surface area contributed by atoms with Crippen LogP contribution in [0, 0.1) is 0 Å². The summed E-state index contributed by atoms with van der Waals surface area (Å²) in [4.78, 5) is 0. The maximum Gasteiger partial charge on any atom is -0.00296 e. The van der Waals surface area contributed by atoms with Gasteiger partial charge in [0.1, 0.15) is 0 Å². The van der Waals surface area contributed by atoms with Crippen molar-refractivity contribution in [1.29, 1.82) is 0 Å². The molecule has 2 heteroatoms. The quantitative estimate of drug-likeness (QED) is 0.134. The molecule has 0 saturated heterocycles. The van der Waals surface area contributed by atoms with E-state index in [1.807, 2.05) is 0 Å². The highest BCUT2D eigenvalue weighted by Crippen LogP contribution is 2.48. The fourth-order valence-electron chi connectivity index (χ4n) is 5.62. The van der Waals surface area contributed by atoms with Gasteiger partial charge in [0.15, 0.2) is 0 Å². The minimum absolute atomic E-state index is 0.473. The minimum atomic E-state index is -0.473. The van der Waals surface area contributed by atoms with Gasteiger partial charge >= 0.3 is 0 Å². The van der Waals surface area contributed by atoms with Gasteiger partial charge in [-0.05, 0) is 68.6 Å². The highest BCUT2D eigenvalue weighted by Gasteiger charge is 2.22. The molecule has 42 heavy (non-hydrogen) atoms. The van der Waals surface area contributed by atoms with Crippen molar-refractivity contribution in [1.82, 2.24) is 0 Å². The normalized spacial score (nSPS) is 11.2. The first-order valence-electron chi connectivity index (χ1n) is 14.7. The summed E-state index contributed by atoms with van der Waals surface area (Å²) < 4.78 is 0. The van der Waals surface area contributed by atoms with Gasteiger partial charge < -0.3 is 0 Å². The summed E-state index contributed by atoms with van der Waals surface area (Å²) in [6.45, 7) is 0. The maximum absolute atomic E-state index is 2.40. The van der Waals surface area contributed by atoms with Crippen molar-refractivity contribution in [2.75, 3.05) is 0 Å². The van der Waals surface area contributed by atoms with E-state index >= 15 is 0 Å². The van der Waals surface area contributed by atoms with E-state index < -0.39 is 15.8 Å². The van der Waals surface area contributed by atoms with Gasteiger partial charge in [-0.3, -0.25) is 0 Å². The van der Waals surface area contributed by atoms with Crippen LogP contribution in [0.25, 0.3) is 11.1 Å². The third-order valence-electron chi connectivity index (χ3n) is 7.64. The van der Waals surface area contributed by atoms with E-state index in [0.717, 1.165) is 24.6 Å². The first kappa shape index (κ1) is 28.3. The summed E-state index contributed by atoms with van der Waals surface area (Å²) in [5.41, 5.74) is 8.46. The Morgan fingerprint density at radius 2 is 0.500 bits per heavy atom. The molecule has 0 aliphatic rings. The Kier molecular flexibility index (Phi) is 9.69. The first-order chi connectivity index (χ1) is 20.8. The van der Waals surface area contributed by atoms with E-state index in [4.69, 9.17) is 0 Å². The lowest BCUT2D eigenvalue weighted by Crippen LogP contribution is -2.14. The van der Waals surface area contributed by atoms with Gasteiger partial charge in [0, 0.05) is 0 Å². The molecular formula is C40H36P2. The van der Waals surface area contributed by atoms with Crippen molar-refractivity contribution in [3.63, 3.8) is 0 Å². The minimum Gasteiger partial charge on any atom is -0.0657 e. The van der Waals surface area contributed by atoms with Crippen LogP contribution in [0.15, 0.2) is 170 Å². The molecule has 0 saturated carbocycles. The Balaban J connectivity index is 1.43. The van der Waals surface area contributed by atoms with Crippen molar-refractivity contribution < 1.29 is 0 Å². The van der Waals surface area contributed by atoms with Gasteiger partial charge in [-0.1, -0.05) is 186 Å². The second kappa shape index (κ2) is 14.4. The topological polar surface area (TPSA) is 0 Å². The Hall–Kier alpha value is -3.82. The summed E-state index contributed by atoms with van der Waals surface area (Å²) in [6, 6.07) is 62.7. The molecule has 6 aromatic carbocycles. The predicted octanol–water partition coefficient (Wildman–Crippen LogP) is 10.4. The second-order valence-electron chi connectivity index (χ2n) is 10.7. The lowest BCUT2D eigenvalue weighted by Gasteiger charge is -2.26. The van der Waals surface area contributed by atoms with Crippen LogP contribution in [0.3, 0.4) is 0 Å². The van der Waals surface area contributed by atoms with Crippen LogP contribution in [0.1, 0.15) is 22.3 Å². The van der Waals surface area contributed by atoms with Crippen LogP contribution in [0.5, 0.6) is 0 Å². The third-order valence-corrected chi connectivity index (χ3v) is 12.8. The van der Waals surface area contributed by atoms with E-state index in [2.05, 4.69) is 170 Å². The number of benzene rings is 6. The van der Waals surface area contributed by atoms with Crippen molar-refractivity contribution >= 4 is 26.5 Å². The molecule has 0 fully saturated rings. The van der Waals surface area contributed by atoms with Crippen LogP contribution in [-0.2, 0) is 24.6 Å². The molecule has 0 aromatic heterocycles. The Labute approximate surface area is 253 Å². The number of hydrogen-bond donors (Lipinski definition) is 0. The molecule has 206 valence electrons. The maximum atomic E-state index is 2.40. The van der Waals surface area contributed by atoms with Crippen LogP contribution in [-0.4, -0.2) is 0 Å². The summed E-state index contributed by atoms with van der Waals surface area (Å²) >= 11 is 0. The standard InChI is InChI=1S/C40H36P2/c1-5-17-33(18-6-1)29-41(30-34-19-7-2-8-20-34)39-27-15-13-25-37(39)38-26-14-16-28-40(38)42(31-35-21-9-3-10-22-35)32-36-23-11-4-12-24-36/h1-28H,29-32H2. The molecule has 0 aliphatic carbocycles. The Bertz CT molecular complexity index is 1450. The summed E-state index contributed by atoms with van der Waals surface area (Å²) in [6.07, 6.45) is 4.31. The average Bonchev–Trinajstić information content (AvgIpc) is 3.06. The van der Waals surface area contributed by atoms with Gasteiger partial charge in [0.2, 0.25) is 0 Å². The molecule has 0 spiro atoms. The molecule has 0 heterocycles. The summed E-state index contributed by atoms with van der Waals surface area (Å²) in [7, 11) is -0.947. The Morgan fingerprint density at radius 1 is 0.262 bits per heavy atom. The third kappa shape index (κ3) is 7.33. The lowest BCUT2D eigenvalue weighted by atomic mass is 10.1. The van der Waals surface area contributed by atoms with Crippen molar-refractivity contribution in [3.8, 4) is 11.1 Å². The number of hydrogen-bond acceptors (Lipinski definition) is 0. The molecule has 0 bridgehead atoms. The lowest BCUT2D eigenvalue weighted by molar-refractivity contribution is 1.33. The highest BCUT2D eigenvalue weighted by molar-refractivity contribution is 7.65. The summed E-state index contributed by atoms with van der Waals surface area (Å²) in [5, 5.41) is 3.00. The molecule has 0 atom stereocenters. The Morgan fingerprint density at radius 3 is 0.786 bits per heavy atom. The molecule has 0 amide bonds. The van der Waals surface area contributed by atoms with E-state index in [-0.39, 0.29) is 0 Å². The van der Waals surface area contributed by atoms with Crippen molar-refractivity contribution in [2.24, 2.45) is 0 Å². The van der Waals surface area contributed by atoms with Crippen molar-refractivity contribution in [3.05, 3.63) is 192 Å². The molecule has 0 aliphatic heterocycles. The van der Waals surface area contributed by atoms with E-state index in [0.29, 0.717) is 0 Å². The summed E-state index contributed by atoms with van der Waals surface area (Å²) in [5.74, 6) is 0. The molecule has 0 unspecified atom stereocenters. The molecule has 0 nitrogen and oxygen atoms in total. The fraction of sp³-hybridized carbons (Fsp3) is 0.100.